The van der Waals surface area contributed by atoms with E-state index in [-0.39, 0.29) is 30.0 Å². The molecule has 3 nitrogen and oxygen atoms in total. The molecule has 27 heavy (non-hydrogen) atoms. The maximum absolute atomic E-state index is 13.5. The minimum atomic E-state index is -0.401. The maximum Gasteiger partial charge on any atom is 0.223 e. The lowest BCUT2D eigenvalue weighted by Crippen LogP contribution is -2.43. The van der Waals surface area contributed by atoms with Crippen molar-refractivity contribution in [2.75, 3.05) is 6.54 Å². The Bertz CT molecular complexity index is 782. The molecule has 1 unspecified atom stereocenters. The molecule has 0 saturated carbocycles. The third-order valence-corrected chi connectivity index (χ3v) is 5.29. The fourth-order valence-electron chi connectivity index (χ4n) is 3.47. The molecule has 2 N–H and O–H groups in total. The van der Waals surface area contributed by atoms with Crippen molar-refractivity contribution in [1.29, 1.82) is 0 Å². The standard InChI is InChI=1S/C21H24ClFN2O.ClH/c1-13-3-5-15(6-4-13)20(18-8-7-17(23)12-19(18)22)25-21(26)16-9-10-24-14(2)11-16;/h3-8,12,14,16,20,24H,9-11H2,1-2H3,(H,25,26);1H/t14-,16-,20?;/m0./s1. The zero-order chi connectivity index (χ0) is 18.7. The number of benzene rings is 2. The summed E-state index contributed by atoms with van der Waals surface area (Å²) in [6.07, 6.45) is 1.62. The largest absolute Gasteiger partial charge is 0.345 e. The summed E-state index contributed by atoms with van der Waals surface area (Å²) in [4.78, 5) is 12.9. The van der Waals surface area contributed by atoms with E-state index in [1.165, 1.54) is 12.1 Å². The number of carbonyl (C=O) groups excluding carboxylic acids is 1. The van der Waals surface area contributed by atoms with Gasteiger partial charge in [0.05, 0.1) is 6.04 Å². The summed E-state index contributed by atoms with van der Waals surface area (Å²) in [6, 6.07) is 12.2. The van der Waals surface area contributed by atoms with E-state index in [4.69, 9.17) is 11.6 Å². The highest BCUT2D eigenvalue weighted by atomic mass is 35.5. The van der Waals surface area contributed by atoms with Crippen LogP contribution in [0.3, 0.4) is 0 Å². The van der Waals surface area contributed by atoms with Crippen molar-refractivity contribution < 1.29 is 9.18 Å². The van der Waals surface area contributed by atoms with Crippen LogP contribution in [-0.2, 0) is 4.79 Å². The van der Waals surface area contributed by atoms with Crippen molar-refractivity contribution in [3.63, 3.8) is 0 Å². The molecule has 1 heterocycles. The van der Waals surface area contributed by atoms with E-state index in [0.29, 0.717) is 16.6 Å². The van der Waals surface area contributed by atoms with Gasteiger partial charge < -0.3 is 10.6 Å². The summed E-state index contributed by atoms with van der Waals surface area (Å²) < 4.78 is 13.5. The van der Waals surface area contributed by atoms with Crippen LogP contribution in [0.25, 0.3) is 0 Å². The van der Waals surface area contributed by atoms with E-state index in [9.17, 15) is 9.18 Å². The van der Waals surface area contributed by atoms with Crippen molar-refractivity contribution in [1.82, 2.24) is 10.6 Å². The molecule has 146 valence electrons. The van der Waals surface area contributed by atoms with E-state index in [2.05, 4.69) is 17.6 Å². The van der Waals surface area contributed by atoms with Gasteiger partial charge in [-0.3, -0.25) is 4.79 Å². The lowest BCUT2D eigenvalue weighted by Gasteiger charge is -2.29. The van der Waals surface area contributed by atoms with Crippen molar-refractivity contribution in [2.45, 2.75) is 38.8 Å². The molecule has 2 aromatic carbocycles. The van der Waals surface area contributed by atoms with Gasteiger partial charge in [-0.15, -0.1) is 12.4 Å². The first-order chi connectivity index (χ1) is 12.4. The van der Waals surface area contributed by atoms with Crippen LogP contribution < -0.4 is 10.6 Å². The Balaban J connectivity index is 0.00000261. The predicted molar refractivity (Wildman–Crippen MR) is 110 cm³/mol. The first kappa shape index (κ1) is 21.7. The Morgan fingerprint density at radius 3 is 2.59 bits per heavy atom. The summed E-state index contributed by atoms with van der Waals surface area (Å²) in [7, 11) is 0. The van der Waals surface area contributed by atoms with E-state index in [1.54, 1.807) is 6.07 Å². The molecular weight excluding hydrogens is 386 g/mol. The van der Waals surface area contributed by atoms with Crippen LogP contribution in [-0.4, -0.2) is 18.5 Å². The smallest absolute Gasteiger partial charge is 0.223 e. The Hall–Kier alpha value is -1.62. The van der Waals surface area contributed by atoms with Crippen molar-refractivity contribution in [3.8, 4) is 0 Å². The van der Waals surface area contributed by atoms with Gasteiger partial charge in [0, 0.05) is 17.0 Å². The van der Waals surface area contributed by atoms with Crippen LogP contribution >= 0.6 is 24.0 Å². The highest BCUT2D eigenvalue weighted by molar-refractivity contribution is 6.31. The summed E-state index contributed by atoms with van der Waals surface area (Å²) in [6.45, 7) is 4.94. The van der Waals surface area contributed by atoms with Crippen molar-refractivity contribution in [2.24, 2.45) is 5.92 Å². The summed E-state index contributed by atoms with van der Waals surface area (Å²) >= 11 is 6.30. The first-order valence-corrected chi connectivity index (χ1v) is 9.37. The van der Waals surface area contributed by atoms with Gasteiger partial charge in [0.2, 0.25) is 5.91 Å². The van der Waals surface area contributed by atoms with E-state index >= 15 is 0 Å². The molecule has 1 saturated heterocycles. The van der Waals surface area contributed by atoms with E-state index in [1.807, 2.05) is 31.2 Å². The van der Waals surface area contributed by atoms with Crippen molar-refractivity contribution >= 4 is 29.9 Å². The Morgan fingerprint density at radius 2 is 1.96 bits per heavy atom. The van der Waals surface area contributed by atoms with Gasteiger partial charge in [-0.05, 0) is 56.5 Å². The monoisotopic (exact) mass is 410 g/mol. The number of amides is 1. The number of aryl methyl sites for hydroxylation is 1. The molecule has 1 fully saturated rings. The molecule has 3 atom stereocenters. The Labute approximate surface area is 171 Å². The predicted octanol–water partition coefficient (Wildman–Crippen LogP) is 4.80. The lowest BCUT2D eigenvalue weighted by atomic mass is 9.91. The molecule has 0 spiro atoms. The molecule has 1 amide bonds. The minimum absolute atomic E-state index is 0. The van der Waals surface area contributed by atoms with Gasteiger partial charge >= 0.3 is 0 Å². The fourth-order valence-corrected chi connectivity index (χ4v) is 3.74. The number of rotatable bonds is 4. The lowest BCUT2D eigenvalue weighted by molar-refractivity contribution is -0.126. The third kappa shape index (κ3) is 5.44. The molecule has 0 aromatic heterocycles. The molecular formula is C21H25Cl2FN2O. The molecule has 0 aliphatic carbocycles. The topological polar surface area (TPSA) is 41.1 Å². The number of carbonyl (C=O) groups is 1. The molecule has 6 heteroatoms. The first-order valence-electron chi connectivity index (χ1n) is 8.99. The second kappa shape index (κ2) is 9.54. The molecule has 0 bridgehead atoms. The van der Waals surface area contributed by atoms with Gasteiger partial charge in [0.15, 0.2) is 0 Å². The number of hydrogen-bond donors (Lipinski definition) is 2. The van der Waals surface area contributed by atoms with Crippen molar-refractivity contribution in [3.05, 3.63) is 70.0 Å². The third-order valence-electron chi connectivity index (χ3n) is 4.97. The number of piperidine rings is 1. The number of halogens is 3. The number of hydrogen-bond acceptors (Lipinski definition) is 2. The van der Waals surface area contributed by atoms with Crippen LogP contribution in [0, 0.1) is 18.7 Å². The molecule has 1 aliphatic heterocycles. The molecule has 2 aromatic rings. The van der Waals surface area contributed by atoms with Gasteiger partial charge in [0.1, 0.15) is 5.82 Å². The number of nitrogens with one attached hydrogen (secondary N) is 2. The van der Waals surface area contributed by atoms with Crippen LogP contribution in [0.1, 0.15) is 42.5 Å². The van der Waals surface area contributed by atoms with Gasteiger partial charge in [-0.2, -0.15) is 0 Å². The SMILES string of the molecule is Cc1ccc(C(NC(=O)[C@H]2CCN[C@@H](C)C2)c2ccc(F)cc2Cl)cc1.Cl. The molecule has 3 rings (SSSR count). The summed E-state index contributed by atoms with van der Waals surface area (Å²) in [5.74, 6) is -0.400. The van der Waals surface area contributed by atoms with Crippen LogP contribution in [0.4, 0.5) is 4.39 Å². The summed E-state index contributed by atoms with van der Waals surface area (Å²) in [5.41, 5.74) is 2.77. The van der Waals surface area contributed by atoms with E-state index in [0.717, 1.165) is 30.5 Å². The van der Waals surface area contributed by atoms with Crippen LogP contribution in [0.2, 0.25) is 5.02 Å². The van der Waals surface area contributed by atoms with Gasteiger partial charge in [0.25, 0.3) is 0 Å². The Kier molecular flexibility index (Phi) is 7.66. The summed E-state index contributed by atoms with van der Waals surface area (Å²) in [5, 5.41) is 6.82. The fraction of sp³-hybridized carbons (Fsp3) is 0.381. The molecule has 1 aliphatic rings. The maximum atomic E-state index is 13.5. The second-order valence-corrected chi connectivity index (χ2v) is 7.50. The zero-order valence-corrected chi connectivity index (χ0v) is 17.0. The second-order valence-electron chi connectivity index (χ2n) is 7.09. The highest BCUT2D eigenvalue weighted by Gasteiger charge is 2.28. The minimum Gasteiger partial charge on any atom is -0.345 e. The van der Waals surface area contributed by atoms with Gasteiger partial charge in [-0.1, -0.05) is 47.5 Å². The molecule has 0 radical (unpaired) electrons. The average molecular weight is 411 g/mol. The quantitative estimate of drug-likeness (QED) is 0.759. The zero-order valence-electron chi connectivity index (χ0n) is 15.5. The van der Waals surface area contributed by atoms with Gasteiger partial charge in [-0.25, -0.2) is 4.39 Å². The normalized spacial score (nSPS) is 20.4. The highest BCUT2D eigenvalue weighted by Crippen LogP contribution is 2.30. The van der Waals surface area contributed by atoms with Crippen LogP contribution in [0.5, 0.6) is 0 Å². The van der Waals surface area contributed by atoms with Crippen LogP contribution in [0.15, 0.2) is 42.5 Å². The Morgan fingerprint density at radius 1 is 1.26 bits per heavy atom. The average Bonchev–Trinajstić information content (AvgIpc) is 2.61. The van der Waals surface area contributed by atoms with E-state index < -0.39 is 6.04 Å².